The third-order valence-corrected chi connectivity index (χ3v) is 8.88. The van der Waals surface area contributed by atoms with Crippen molar-refractivity contribution in [2.75, 3.05) is 28.0 Å². The van der Waals surface area contributed by atoms with E-state index in [1.165, 1.54) is 5.56 Å². The van der Waals surface area contributed by atoms with Gasteiger partial charge in [-0.1, -0.05) is 50.6 Å². The molecule has 1 saturated heterocycles. The molecule has 0 saturated carbocycles. The SMILES string of the molecule is CCc1ccc(NC(=O)c2ccc(N3C[C@H](C)C[C@@H](C)C3)c(NS(=O)(=O)c3c(C)cc(C)cc3C)c2)cc1. The van der Waals surface area contributed by atoms with E-state index in [2.05, 4.69) is 35.7 Å². The average molecular weight is 534 g/mol. The van der Waals surface area contributed by atoms with Gasteiger partial charge in [-0.05, 0) is 92.5 Å². The Morgan fingerprint density at radius 1 is 0.921 bits per heavy atom. The molecule has 1 fully saturated rings. The molecule has 6 nitrogen and oxygen atoms in total. The Balaban J connectivity index is 1.72. The summed E-state index contributed by atoms with van der Waals surface area (Å²) in [6, 6.07) is 16.8. The summed E-state index contributed by atoms with van der Waals surface area (Å²) in [4.78, 5) is 15.7. The standard InChI is InChI=1S/C31H39N3O3S/c1-7-25-8-11-27(12-9-25)32-31(35)26-10-13-29(34-18-21(3)14-22(4)19-34)28(17-26)33-38(36,37)30-23(5)15-20(2)16-24(30)6/h8-13,15-17,21-22,33H,7,14,18-19H2,1-6H3,(H,32,35)/t21-,22-/m1/s1. The van der Waals surface area contributed by atoms with Gasteiger partial charge in [0.1, 0.15) is 0 Å². The minimum absolute atomic E-state index is 0.278. The van der Waals surface area contributed by atoms with Crippen molar-refractivity contribution in [1.82, 2.24) is 0 Å². The quantitative estimate of drug-likeness (QED) is 0.354. The van der Waals surface area contributed by atoms with Crippen LogP contribution in [0.5, 0.6) is 0 Å². The molecule has 1 heterocycles. The second kappa shape index (κ2) is 11.2. The number of hydrogen-bond donors (Lipinski definition) is 2. The van der Waals surface area contributed by atoms with Crippen molar-refractivity contribution in [2.24, 2.45) is 11.8 Å². The highest BCUT2D eigenvalue weighted by Crippen LogP contribution is 2.35. The molecule has 38 heavy (non-hydrogen) atoms. The Bertz CT molecular complexity index is 1400. The first kappa shape index (κ1) is 27.7. The average Bonchev–Trinajstić information content (AvgIpc) is 2.82. The number of nitrogens with one attached hydrogen (secondary N) is 2. The second-order valence-corrected chi connectivity index (χ2v) is 12.5. The predicted molar refractivity (Wildman–Crippen MR) is 157 cm³/mol. The van der Waals surface area contributed by atoms with Gasteiger partial charge in [-0.2, -0.15) is 0 Å². The van der Waals surface area contributed by atoms with Crippen molar-refractivity contribution in [2.45, 2.75) is 59.3 Å². The molecule has 0 unspecified atom stereocenters. The number of benzene rings is 3. The van der Waals surface area contributed by atoms with Gasteiger partial charge in [-0.25, -0.2) is 8.42 Å². The Hall–Kier alpha value is -3.32. The number of piperidine rings is 1. The van der Waals surface area contributed by atoms with Crippen LogP contribution in [0.25, 0.3) is 0 Å². The van der Waals surface area contributed by atoms with E-state index in [1.54, 1.807) is 12.1 Å². The summed E-state index contributed by atoms with van der Waals surface area (Å²) in [5, 5.41) is 2.94. The van der Waals surface area contributed by atoms with E-state index in [9.17, 15) is 13.2 Å². The topological polar surface area (TPSA) is 78.5 Å². The van der Waals surface area contributed by atoms with Gasteiger partial charge < -0.3 is 10.2 Å². The molecule has 0 spiro atoms. The molecule has 7 heteroatoms. The van der Waals surface area contributed by atoms with Gasteiger partial charge in [0.2, 0.25) is 0 Å². The fourth-order valence-electron chi connectivity index (χ4n) is 5.71. The molecule has 202 valence electrons. The summed E-state index contributed by atoms with van der Waals surface area (Å²) in [6.07, 6.45) is 2.06. The zero-order valence-corrected chi connectivity index (χ0v) is 24.1. The number of amides is 1. The molecule has 2 atom stereocenters. The van der Waals surface area contributed by atoms with Crippen LogP contribution in [-0.4, -0.2) is 27.4 Å². The first-order valence-electron chi connectivity index (χ1n) is 13.4. The molecule has 2 N–H and O–H groups in total. The number of hydrogen-bond acceptors (Lipinski definition) is 4. The van der Waals surface area contributed by atoms with Crippen molar-refractivity contribution in [3.63, 3.8) is 0 Å². The van der Waals surface area contributed by atoms with Crippen LogP contribution in [0.4, 0.5) is 17.1 Å². The van der Waals surface area contributed by atoms with E-state index in [0.717, 1.165) is 37.2 Å². The van der Waals surface area contributed by atoms with Gasteiger partial charge in [0.15, 0.2) is 0 Å². The summed E-state index contributed by atoms with van der Waals surface area (Å²) in [7, 11) is -3.90. The number of aryl methyl sites for hydroxylation is 4. The summed E-state index contributed by atoms with van der Waals surface area (Å²) in [5.74, 6) is 0.682. The van der Waals surface area contributed by atoms with Crippen LogP contribution in [0.2, 0.25) is 0 Å². The lowest BCUT2D eigenvalue weighted by atomic mass is 9.91. The highest BCUT2D eigenvalue weighted by Gasteiger charge is 2.27. The van der Waals surface area contributed by atoms with Crippen molar-refractivity contribution < 1.29 is 13.2 Å². The maximum atomic E-state index is 13.7. The molecule has 4 rings (SSSR count). The van der Waals surface area contributed by atoms with Crippen molar-refractivity contribution in [3.05, 3.63) is 82.4 Å². The zero-order chi connectivity index (χ0) is 27.6. The molecular weight excluding hydrogens is 494 g/mol. The van der Waals surface area contributed by atoms with Crippen molar-refractivity contribution in [3.8, 4) is 0 Å². The van der Waals surface area contributed by atoms with Crippen molar-refractivity contribution in [1.29, 1.82) is 0 Å². The molecule has 0 aromatic heterocycles. The van der Waals surface area contributed by atoms with Crippen LogP contribution in [-0.2, 0) is 16.4 Å². The summed E-state index contributed by atoms with van der Waals surface area (Å²) < 4.78 is 30.3. The smallest absolute Gasteiger partial charge is 0.262 e. The van der Waals surface area contributed by atoms with Crippen LogP contribution in [0.3, 0.4) is 0 Å². The normalized spacial score (nSPS) is 17.8. The monoisotopic (exact) mass is 533 g/mol. The van der Waals surface area contributed by atoms with Crippen LogP contribution < -0.4 is 14.9 Å². The molecule has 0 aliphatic carbocycles. The van der Waals surface area contributed by atoms with E-state index < -0.39 is 10.0 Å². The third-order valence-electron chi connectivity index (χ3n) is 7.21. The predicted octanol–water partition coefficient (Wildman–Crippen LogP) is 6.71. The fraction of sp³-hybridized carbons (Fsp3) is 0.387. The second-order valence-electron chi connectivity index (χ2n) is 10.9. The first-order chi connectivity index (χ1) is 18.0. The highest BCUT2D eigenvalue weighted by molar-refractivity contribution is 7.92. The molecule has 0 radical (unpaired) electrons. The van der Waals surface area contributed by atoms with Gasteiger partial charge in [0.05, 0.1) is 16.3 Å². The number of anilines is 3. The summed E-state index contributed by atoms with van der Waals surface area (Å²) in [6.45, 7) is 13.8. The minimum Gasteiger partial charge on any atom is -0.369 e. The molecular formula is C31H39N3O3S. The number of nitrogens with zero attached hydrogens (tertiary/aromatic N) is 1. The summed E-state index contributed by atoms with van der Waals surface area (Å²) in [5.41, 5.74) is 5.89. The summed E-state index contributed by atoms with van der Waals surface area (Å²) >= 11 is 0. The van der Waals surface area contributed by atoms with Crippen LogP contribution >= 0.6 is 0 Å². The van der Waals surface area contributed by atoms with E-state index >= 15 is 0 Å². The molecule has 3 aromatic rings. The minimum atomic E-state index is -3.90. The Kier molecular flexibility index (Phi) is 8.16. The van der Waals surface area contributed by atoms with Crippen LogP contribution in [0.1, 0.15) is 59.8 Å². The van der Waals surface area contributed by atoms with Gasteiger partial charge in [0.25, 0.3) is 15.9 Å². The van der Waals surface area contributed by atoms with E-state index in [1.807, 2.05) is 63.2 Å². The largest absolute Gasteiger partial charge is 0.369 e. The Morgan fingerprint density at radius 2 is 1.53 bits per heavy atom. The molecule has 0 bridgehead atoms. The van der Waals surface area contributed by atoms with E-state index in [0.29, 0.717) is 39.9 Å². The van der Waals surface area contributed by atoms with Gasteiger partial charge in [0, 0.05) is 24.3 Å². The van der Waals surface area contributed by atoms with Gasteiger partial charge in [-0.15, -0.1) is 0 Å². The van der Waals surface area contributed by atoms with Crippen LogP contribution in [0.15, 0.2) is 59.5 Å². The van der Waals surface area contributed by atoms with Gasteiger partial charge in [-0.3, -0.25) is 9.52 Å². The Morgan fingerprint density at radius 3 is 2.11 bits per heavy atom. The lowest BCUT2D eigenvalue weighted by Crippen LogP contribution is -2.39. The number of sulfonamides is 1. The number of carbonyl (C=O) groups excluding carboxylic acids is 1. The van der Waals surface area contributed by atoms with Crippen LogP contribution in [0, 0.1) is 32.6 Å². The molecule has 3 aromatic carbocycles. The highest BCUT2D eigenvalue weighted by atomic mass is 32.2. The van der Waals surface area contributed by atoms with E-state index in [-0.39, 0.29) is 10.8 Å². The maximum absolute atomic E-state index is 13.7. The lowest BCUT2D eigenvalue weighted by molar-refractivity contribution is 0.102. The first-order valence-corrected chi connectivity index (χ1v) is 14.8. The zero-order valence-electron chi connectivity index (χ0n) is 23.3. The Labute approximate surface area is 227 Å². The molecule has 1 aliphatic heterocycles. The molecule has 1 amide bonds. The number of carbonyl (C=O) groups is 1. The number of rotatable bonds is 7. The maximum Gasteiger partial charge on any atom is 0.262 e. The van der Waals surface area contributed by atoms with Crippen molar-refractivity contribution >= 4 is 33.0 Å². The molecule has 1 aliphatic rings. The van der Waals surface area contributed by atoms with Gasteiger partial charge >= 0.3 is 0 Å². The lowest BCUT2D eigenvalue weighted by Gasteiger charge is -2.37. The van der Waals surface area contributed by atoms with E-state index in [4.69, 9.17) is 0 Å². The third kappa shape index (κ3) is 6.21. The fourth-order valence-corrected chi connectivity index (χ4v) is 7.23.